The van der Waals surface area contributed by atoms with Crippen molar-refractivity contribution in [3.8, 4) is 5.69 Å². The van der Waals surface area contributed by atoms with Gasteiger partial charge in [-0.2, -0.15) is 0 Å². The molecule has 0 amide bonds. The number of aromatic carboxylic acids is 1. The van der Waals surface area contributed by atoms with Gasteiger partial charge in [0.25, 0.3) is 0 Å². The number of carboxylic acids is 1. The minimum absolute atomic E-state index is 0.0392. The van der Waals surface area contributed by atoms with Crippen LogP contribution in [-0.2, 0) is 0 Å². The van der Waals surface area contributed by atoms with Crippen LogP contribution >= 0.6 is 12.2 Å². The van der Waals surface area contributed by atoms with Gasteiger partial charge in [-0.15, -0.1) is 0 Å². The summed E-state index contributed by atoms with van der Waals surface area (Å²) in [6.45, 7) is 0.336. The van der Waals surface area contributed by atoms with Gasteiger partial charge in [-0.25, -0.2) is 4.79 Å². The number of rotatable bonds is 6. The third-order valence-corrected chi connectivity index (χ3v) is 5.35. The van der Waals surface area contributed by atoms with Gasteiger partial charge in [0.2, 0.25) is 0 Å². The van der Waals surface area contributed by atoms with E-state index in [1.165, 1.54) is 0 Å². The van der Waals surface area contributed by atoms with Gasteiger partial charge in [0.1, 0.15) is 0 Å². The fraction of sp³-hybridized carbons (Fsp3) is 0.190. The maximum atomic E-state index is 11.4. The Kier molecular flexibility index (Phi) is 5.28. The largest absolute Gasteiger partial charge is 0.478 e. The Morgan fingerprint density at radius 1 is 1.17 bits per heavy atom. The fourth-order valence-electron chi connectivity index (χ4n) is 3.73. The van der Waals surface area contributed by atoms with E-state index in [0.717, 1.165) is 17.1 Å². The molecule has 3 heterocycles. The molecule has 7 nitrogen and oxygen atoms in total. The molecular weight excluding hydrogens is 388 g/mol. The summed E-state index contributed by atoms with van der Waals surface area (Å²) in [5, 5.41) is 22.8. The SMILES string of the molecule is O=C(O)c1cccc(-n2cccc2[C@H]2[C@H](c3ccccn3)NC(=S)N2CCO)c1. The minimum atomic E-state index is -0.975. The summed E-state index contributed by atoms with van der Waals surface area (Å²) >= 11 is 5.54. The van der Waals surface area contributed by atoms with E-state index in [1.54, 1.807) is 24.4 Å². The quantitative estimate of drug-likeness (QED) is 0.540. The van der Waals surface area contributed by atoms with Gasteiger partial charge in [0.05, 0.1) is 29.9 Å². The number of aliphatic hydroxyl groups is 1. The number of carboxylic acid groups (broad SMARTS) is 1. The summed E-state index contributed by atoms with van der Waals surface area (Å²) < 4.78 is 1.95. The molecular formula is C21H20N4O3S. The lowest BCUT2D eigenvalue weighted by molar-refractivity contribution is 0.0697. The number of benzene rings is 1. The van der Waals surface area contributed by atoms with E-state index in [-0.39, 0.29) is 24.3 Å². The van der Waals surface area contributed by atoms with E-state index in [1.807, 2.05) is 52.1 Å². The minimum Gasteiger partial charge on any atom is -0.478 e. The van der Waals surface area contributed by atoms with E-state index in [0.29, 0.717) is 11.7 Å². The molecule has 1 fully saturated rings. The van der Waals surface area contributed by atoms with Crippen LogP contribution in [0.25, 0.3) is 5.69 Å². The van der Waals surface area contributed by atoms with Crippen molar-refractivity contribution in [3.63, 3.8) is 0 Å². The van der Waals surface area contributed by atoms with Gasteiger partial charge >= 0.3 is 5.97 Å². The summed E-state index contributed by atoms with van der Waals surface area (Å²) in [4.78, 5) is 17.8. The average Bonchev–Trinajstić information content (AvgIpc) is 3.34. The van der Waals surface area contributed by atoms with E-state index in [4.69, 9.17) is 12.2 Å². The Labute approximate surface area is 173 Å². The molecule has 1 aromatic carbocycles. The van der Waals surface area contributed by atoms with Crippen molar-refractivity contribution in [2.24, 2.45) is 0 Å². The summed E-state index contributed by atoms with van der Waals surface area (Å²) in [5.74, 6) is -0.975. The molecule has 1 saturated heterocycles. The number of nitrogens with zero attached hydrogens (tertiary/aromatic N) is 3. The van der Waals surface area contributed by atoms with Crippen molar-refractivity contribution in [1.82, 2.24) is 19.8 Å². The molecule has 3 N–H and O–H groups in total. The van der Waals surface area contributed by atoms with Gasteiger partial charge in [-0.1, -0.05) is 12.1 Å². The lowest BCUT2D eigenvalue weighted by Crippen LogP contribution is -2.32. The fourth-order valence-corrected chi connectivity index (χ4v) is 4.07. The number of nitrogens with one attached hydrogen (secondary N) is 1. The Morgan fingerprint density at radius 2 is 2.03 bits per heavy atom. The molecule has 0 radical (unpaired) electrons. The van der Waals surface area contributed by atoms with Gasteiger partial charge in [0.15, 0.2) is 5.11 Å². The Bertz CT molecular complexity index is 1040. The standard InChI is InChI=1S/C21H20N4O3S/c26-12-11-25-19(18(23-21(25)29)16-7-1-2-9-22-16)17-8-4-10-24(17)15-6-3-5-14(13-15)20(27)28/h1-10,13,18-19,26H,11-12H2,(H,23,29)(H,27,28)/t18-,19-/m0/s1. The first-order chi connectivity index (χ1) is 14.1. The van der Waals surface area contributed by atoms with Gasteiger partial charge in [-0.05, 0) is 54.7 Å². The van der Waals surface area contributed by atoms with Gasteiger partial charge < -0.3 is 25.0 Å². The van der Waals surface area contributed by atoms with Crippen LogP contribution in [0.15, 0.2) is 67.0 Å². The van der Waals surface area contributed by atoms with Gasteiger partial charge in [-0.3, -0.25) is 4.98 Å². The molecule has 2 aromatic heterocycles. The molecule has 0 saturated carbocycles. The highest BCUT2D eigenvalue weighted by Gasteiger charge is 2.40. The van der Waals surface area contributed by atoms with E-state index in [9.17, 15) is 15.0 Å². The lowest BCUT2D eigenvalue weighted by Gasteiger charge is -2.28. The summed E-state index contributed by atoms with van der Waals surface area (Å²) in [5.41, 5.74) is 2.72. The highest BCUT2D eigenvalue weighted by molar-refractivity contribution is 7.80. The number of aromatic nitrogens is 2. The number of thiocarbonyl (C=S) groups is 1. The molecule has 2 atom stereocenters. The molecule has 1 aliphatic rings. The Hall–Kier alpha value is -3.23. The first kappa shape index (κ1) is 19.1. The number of carbonyl (C=O) groups is 1. The molecule has 1 aliphatic heterocycles. The van der Waals surface area contributed by atoms with Crippen LogP contribution in [0.4, 0.5) is 0 Å². The molecule has 148 valence electrons. The first-order valence-corrected chi connectivity index (χ1v) is 9.61. The van der Waals surface area contributed by atoms with Crippen molar-refractivity contribution >= 4 is 23.3 Å². The Balaban J connectivity index is 1.81. The smallest absolute Gasteiger partial charge is 0.335 e. The van der Waals surface area contributed by atoms with Crippen molar-refractivity contribution in [2.45, 2.75) is 12.1 Å². The third kappa shape index (κ3) is 3.59. The zero-order valence-electron chi connectivity index (χ0n) is 15.5. The van der Waals surface area contributed by atoms with Crippen LogP contribution in [0.1, 0.15) is 33.8 Å². The van der Waals surface area contributed by atoms with Crippen LogP contribution in [-0.4, -0.2) is 48.9 Å². The van der Waals surface area contributed by atoms with Crippen LogP contribution in [0.3, 0.4) is 0 Å². The van der Waals surface area contributed by atoms with Crippen molar-refractivity contribution in [3.05, 3.63) is 83.9 Å². The molecule has 29 heavy (non-hydrogen) atoms. The number of aliphatic hydroxyl groups excluding tert-OH is 1. The molecule has 8 heteroatoms. The van der Waals surface area contributed by atoms with E-state index in [2.05, 4.69) is 10.3 Å². The lowest BCUT2D eigenvalue weighted by atomic mass is 10.0. The highest BCUT2D eigenvalue weighted by Crippen LogP contribution is 2.39. The third-order valence-electron chi connectivity index (χ3n) is 4.99. The van der Waals surface area contributed by atoms with Crippen molar-refractivity contribution in [1.29, 1.82) is 0 Å². The monoisotopic (exact) mass is 408 g/mol. The molecule has 0 spiro atoms. The molecule has 0 bridgehead atoms. The number of pyridine rings is 1. The maximum absolute atomic E-state index is 11.4. The molecule has 3 aromatic rings. The molecule has 0 aliphatic carbocycles. The highest BCUT2D eigenvalue weighted by atomic mass is 32.1. The predicted octanol–water partition coefficient (Wildman–Crippen LogP) is 2.54. The van der Waals surface area contributed by atoms with Crippen LogP contribution < -0.4 is 5.32 Å². The second-order valence-electron chi connectivity index (χ2n) is 6.70. The van der Waals surface area contributed by atoms with Gasteiger partial charge in [0, 0.05) is 30.3 Å². The average molecular weight is 408 g/mol. The van der Waals surface area contributed by atoms with Crippen molar-refractivity contribution < 1.29 is 15.0 Å². The zero-order chi connectivity index (χ0) is 20.4. The number of hydrogen-bond acceptors (Lipinski definition) is 4. The summed E-state index contributed by atoms with van der Waals surface area (Å²) in [7, 11) is 0. The maximum Gasteiger partial charge on any atom is 0.335 e. The first-order valence-electron chi connectivity index (χ1n) is 9.20. The van der Waals surface area contributed by atoms with Crippen LogP contribution in [0.2, 0.25) is 0 Å². The van der Waals surface area contributed by atoms with Crippen LogP contribution in [0, 0.1) is 0 Å². The summed E-state index contributed by atoms with van der Waals surface area (Å²) in [6, 6.07) is 16.0. The number of β-amino-alcohol motifs (C(OH)–C–C–N with tert-alkyl or cyclic N) is 1. The van der Waals surface area contributed by atoms with Crippen LogP contribution in [0.5, 0.6) is 0 Å². The van der Waals surface area contributed by atoms with E-state index < -0.39 is 5.97 Å². The summed E-state index contributed by atoms with van der Waals surface area (Å²) in [6.07, 6.45) is 3.63. The Morgan fingerprint density at radius 3 is 2.76 bits per heavy atom. The zero-order valence-corrected chi connectivity index (χ0v) is 16.3. The van der Waals surface area contributed by atoms with E-state index >= 15 is 0 Å². The molecule has 0 unspecified atom stereocenters. The molecule has 4 rings (SSSR count). The second kappa shape index (κ2) is 8.02. The second-order valence-corrected chi connectivity index (χ2v) is 7.09. The predicted molar refractivity (Wildman–Crippen MR) is 112 cm³/mol. The normalized spacial score (nSPS) is 18.7. The topological polar surface area (TPSA) is 90.6 Å². The van der Waals surface area contributed by atoms with Crippen molar-refractivity contribution in [2.75, 3.05) is 13.2 Å². The number of hydrogen-bond donors (Lipinski definition) is 3.